The molecular formula is C24H23N3O9. The van der Waals surface area contributed by atoms with Gasteiger partial charge in [-0.1, -0.05) is 42.5 Å². The van der Waals surface area contributed by atoms with Crippen LogP contribution in [0.1, 0.15) is 31.0 Å². The summed E-state index contributed by atoms with van der Waals surface area (Å²) in [4.78, 5) is 74.6. The van der Waals surface area contributed by atoms with E-state index in [0.717, 1.165) is 11.8 Å². The fourth-order valence-electron chi connectivity index (χ4n) is 3.54. The van der Waals surface area contributed by atoms with E-state index in [4.69, 9.17) is 9.47 Å². The number of carboxylic acids is 1. The van der Waals surface area contributed by atoms with Crippen molar-refractivity contribution in [3.63, 3.8) is 0 Å². The smallest absolute Gasteiger partial charge is 0.330 e. The molecule has 2 aromatic rings. The molecule has 12 nitrogen and oxygen atoms in total. The Hall–Kier alpha value is -4.74. The van der Waals surface area contributed by atoms with E-state index < -0.39 is 41.8 Å². The van der Waals surface area contributed by atoms with Gasteiger partial charge >= 0.3 is 35.8 Å². The Labute approximate surface area is 205 Å². The van der Waals surface area contributed by atoms with Gasteiger partial charge in [-0.15, -0.1) is 0 Å². The lowest BCUT2D eigenvalue weighted by atomic mass is 10.1. The standard InChI is InChI=1S/C24H23N3O9/c1-14(28)35-18-10-6-9-17(20(18)36-15(2)29)13-26-11-12-27(22(31)21(26)30)24(34)25-19(23(32)33)16-7-4-3-5-8-16/h3-10,19H,11-13H2,1-2H3,(H,25,34)(H,32,33)/t19-/m1/s1. The number of hydrogen-bond acceptors (Lipinski definition) is 8. The van der Waals surface area contributed by atoms with E-state index in [-0.39, 0.29) is 36.7 Å². The van der Waals surface area contributed by atoms with Gasteiger partial charge in [-0.2, -0.15) is 0 Å². The van der Waals surface area contributed by atoms with E-state index in [1.807, 2.05) is 0 Å². The summed E-state index contributed by atoms with van der Waals surface area (Å²) in [7, 11) is 0. The first-order valence-electron chi connectivity index (χ1n) is 10.8. The first-order valence-corrected chi connectivity index (χ1v) is 10.8. The molecule has 1 heterocycles. The molecular weight excluding hydrogens is 474 g/mol. The molecule has 0 aromatic heterocycles. The lowest BCUT2D eigenvalue weighted by molar-refractivity contribution is -0.154. The summed E-state index contributed by atoms with van der Waals surface area (Å²) in [6, 6.07) is 9.91. The van der Waals surface area contributed by atoms with Crippen LogP contribution in [-0.4, -0.2) is 63.7 Å². The lowest BCUT2D eigenvalue weighted by Crippen LogP contribution is -2.58. The van der Waals surface area contributed by atoms with Gasteiger partial charge in [0.2, 0.25) is 0 Å². The molecule has 1 fully saturated rings. The second-order valence-corrected chi connectivity index (χ2v) is 7.75. The Balaban J connectivity index is 1.75. The number of esters is 2. The number of imide groups is 1. The van der Waals surface area contributed by atoms with Crippen LogP contribution in [0.15, 0.2) is 48.5 Å². The highest BCUT2D eigenvalue weighted by Crippen LogP contribution is 2.33. The van der Waals surface area contributed by atoms with Crippen molar-refractivity contribution in [1.29, 1.82) is 0 Å². The summed E-state index contributed by atoms with van der Waals surface area (Å²) in [6.07, 6.45) is 0. The molecule has 0 spiro atoms. The molecule has 3 rings (SSSR count). The molecule has 0 unspecified atom stereocenters. The summed E-state index contributed by atoms with van der Waals surface area (Å²) in [5, 5.41) is 11.8. The third kappa shape index (κ3) is 6.03. The number of carboxylic acid groups (broad SMARTS) is 1. The number of benzene rings is 2. The number of piperazine rings is 1. The molecule has 1 saturated heterocycles. The Morgan fingerprint density at radius 2 is 1.58 bits per heavy atom. The minimum atomic E-state index is -1.42. The Morgan fingerprint density at radius 1 is 0.917 bits per heavy atom. The van der Waals surface area contributed by atoms with Gasteiger partial charge in [-0.25, -0.2) is 9.59 Å². The maximum atomic E-state index is 12.8. The Morgan fingerprint density at radius 3 is 2.19 bits per heavy atom. The van der Waals surface area contributed by atoms with Crippen LogP contribution in [0.2, 0.25) is 0 Å². The number of urea groups is 1. The second-order valence-electron chi connectivity index (χ2n) is 7.75. The summed E-state index contributed by atoms with van der Waals surface area (Å²) < 4.78 is 10.2. The number of hydrogen-bond donors (Lipinski definition) is 2. The van der Waals surface area contributed by atoms with Gasteiger partial charge in [0, 0.05) is 32.5 Å². The van der Waals surface area contributed by atoms with Crippen LogP contribution >= 0.6 is 0 Å². The fraction of sp³-hybridized carbons (Fsp3) is 0.250. The molecule has 2 N–H and O–H groups in total. The Bertz CT molecular complexity index is 1210. The van der Waals surface area contributed by atoms with Crippen molar-refractivity contribution in [3.8, 4) is 11.5 Å². The molecule has 1 atom stereocenters. The number of ether oxygens (including phenoxy) is 2. The minimum absolute atomic E-state index is 0.0346. The highest BCUT2D eigenvalue weighted by molar-refractivity contribution is 6.38. The van der Waals surface area contributed by atoms with E-state index >= 15 is 0 Å². The third-order valence-corrected chi connectivity index (χ3v) is 5.12. The molecule has 188 valence electrons. The van der Waals surface area contributed by atoms with Gasteiger partial charge < -0.3 is 24.8 Å². The van der Waals surface area contributed by atoms with E-state index in [1.54, 1.807) is 18.2 Å². The van der Waals surface area contributed by atoms with E-state index in [0.29, 0.717) is 10.5 Å². The van der Waals surface area contributed by atoms with E-state index in [1.165, 1.54) is 37.3 Å². The van der Waals surface area contributed by atoms with E-state index in [2.05, 4.69) is 5.32 Å². The highest BCUT2D eigenvalue weighted by Gasteiger charge is 2.38. The second kappa shape index (κ2) is 11.1. The van der Waals surface area contributed by atoms with Gasteiger partial charge in [0.25, 0.3) is 0 Å². The van der Waals surface area contributed by atoms with Crippen molar-refractivity contribution in [2.24, 2.45) is 0 Å². The number of carbonyl (C=O) groups is 6. The molecule has 2 aromatic carbocycles. The van der Waals surface area contributed by atoms with Crippen molar-refractivity contribution < 1.29 is 43.3 Å². The monoisotopic (exact) mass is 497 g/mol. The largest absolute Gasteiger partial charge is 0.479 e. The Kier molecular flexibility index (Phi) is 8.00. The van der Waals surface area contributed by atoms with Crippen LogP contribution < -0.4 is 14.8 Å². The maximum absolute atomic E-state index is 12.8. The third-order valence-electron chi connectivity index (χ3n) is 5.12. The van der Waals surface area contributed by atoms with Crippen molar-refractivity contribution >= 4 is 35.8 Å². The molecule has 36 heavy (non-hydrogen) atoms. The normalized spacial score (nSPS) is 14.2. The molecule has 0 bridgehead atoms. The predicted molar refractivity (Wildman–Crippen MR) is 122 cm³/mol. The fourth-order valence-corrected chi connectivity index (χ4v) is 3.54. The van der Waals surface area contributed by atoms with Crippen LogP contribution in [0.25, 0.3) is 0 Å². The quantitative estimate of drug-likeness (QED) is 0.326. The van der Waals surface area contributed by atoms with Crippen LogP contribution in [-0.2, 0) is 30.5 Å². The topological polar surface area (TPSA) is 160 Å². The minimum Gasteiger partial charge on any atom is -0.479 e. The van der Waals surface area contributed by atoms with Crippen molar-refractivity contribution in [1.82, 2.24) is 15.1 Å². The van der Waals surface area contributed by atoms with Crippen LogP contribution in [0.4, 0.5) is 4.79 Å². The predicted octanol–water partition coefficient (Wildman–Crippen LogP) is 1.24. The SMILES string of the molecule is CC(=O)Oc1cccc(CN2CCN(C(=O)N[C@@H](C(=O)O)c3ccccc3)C(=O)C2=O)c1OC(C)=O. The van der Waals surface area contributed by atoms with Gasteiger partial charge in [-0.3, -0.25) is 24.1 Å². The van der Waals surface area contributed by atoms with Crippen LogP contribution in [0.3, 0.4) is 0 Å². The molecule has 1 aliphatic heterocycles. The zero-order valence-electron chi connectivity index (χ0n) is 19.4. The zero-order valence-corrected chi connectivity index (χ0v) is 19.4. The van der Waals surface area contributed by atoms with Gasteiger partial charge in [0.15, 0.2) is 17.5 Å². The number of para-hydroxylation sites is 1. The van der Waals surface area contributed by atoms with Crippen molar-refractivity contribution in [3.05, 3.63) is 59.7 Å². The number of nitrogens with zero attached hydrogens (tertiary/aromatic N) is 2. The van der Waals surface area contributed by atoms with Gasteiger partial charge in [0.05, 0.1) is 6.54 Å². The number of carbonyl (C=O) groups excluding carboxylic acids is 5. The van der Waals surface area contributed by atoms with Crippen LogP contribution in [0, 0.1) is 0 Å². The van der Waals surface area contributed by atoms with Gasteiger partial charge in [0.1, 0.15) is 0 Å². The average Bonchev–Trinajstić information content (AvgIpc) is 2.82. The maximum Gasteiger partial charge on any atom is 0.330 e. The molecule has 0 radical (unpaired) electrons. The van der Waals surface area contributed by atoms with E-state index in [9.17, 15) is 33.9 Å². The summed E-state index contributed by atoms with van der Waals surface area (Å²) >= 11 is 0. The van der Waals surface area contributed by atoms with Crippen molar-refractivity contribution in [2.45, 2.75) is 26.4 Å². The lowest BCUT2D eigenvalue weighted by Gasteiger charge is -2.33. The number of aliphatic carboxylic acids is 1. The van der Waals surface area contributed by atoms with Crippen LogP contribution in [0.5, 0.6) is 11.5 Å². The summed E-state index contributed by atoms with van der Waals surface area (Å²) in [6.45, 7) is 1.87. The molecule has 4 amide bonds. The number of amides is 4. The number of rotatable bonds is 7. The summed E-state index contributed by atoms with van der Waals surface area (Å²) in [5.74, 6) is -4.96. The first kappa shape index (κ1) is 25.9. The molecule has 12 heteroatoms. The zero-order chi connectivity index (χ0) is 26.4. The number of nitrogens with one attached hydrogen (secondary N) is 1. The molecule has 0 aliphatic carbocycles. The summed E-state index contributed by atoms with van der Waals surface area (Å²) in [5.41, 5.74) is 0.583. The highest BCUT2D eigenvalue weighted by atomic mass is 16.6. The van der Waals surface area contributed by atoms with Gasteiger partial charge in [-0.05, 0) is 11.6 Å². The molecule has 1 aliphatic rings. The van der Waals surface area contributed by atoms with Crippen molar-refractivity contribution in [2.75, 3.05) is 13.1 Å². The molecule has 0 saturated carbocycles. The first-order chi connectivity index (χ1) is 17.1. The average molecular weight is 497 g/mol.